The summed E-state index contributed by atoms with van der Waals surface area (Å²) < 4.78 is 1.94. The average molecular weight is 197 g/mol. The zero-order chi connectivity index (χ0) is 9.68. The van der Waals surface area contributed by atoms with Crippen molar-refractivity contribution in [3.8, 4) is 11.8 Å². The number of aromatic nitrogens is 2. The molecule has 0 amide bonds. The Hall–Kier alpha value is -0.940. The van der Waals surface area contributed by atoms with Crippen molar-refractivity contribution < 1.29 is 0 Å². The van der Waals surface area contributed by atoms with Gasteiger partial charge in [-0.25, -0.2) is 0 Å². The lowest BCUT2D eigenvalue weighted by Crippen LogP contribution is -1.98. The van der Waals surface area contributed by atoms with Gasteiger partial charge in [-0.15, -0.1) is 11.6 Å². The SMILES string of the molecule is CCn1ncc(C#CCCCl)c1C. The van der Waals surface area contributed by atoms with Crippen molar-refractivity contribution >= 4 is 11.6 Å². The average Bonchev–Trinajstić information content (AvgIpc) is 2.48. The number of nitrogens with zero attached hydrogens (tertiary/aromatic N) is 2. The van der Waals surface area contributed by atoms with Gasteiger partial charge in [-0.1, -0.05) is 11.8 Å². The molecule has 0 N–H and O–H groups in total. The molecule has 2 nitrogen and oxygen atoms in total. The van der Waals surface area contributed by atoms with Gasteiger partial charge in [0.25, 0.3) is 0 Å². The minimum absolute atomic E-state index is 0.591. The monoisotopic (exact) mass is 196 g/mol. The number of rotatable bonds is 2. The van der Waals surface area contributed by atoms with Crippen LogP contribution >= 0.6 is 11.6 Å². The molecule has 1 aromatic rings. The molecule has 0 unspecified atom stereocenters. The Balaban J connectivity index is 2.79. The maximum absolute atomic E-state index is 5.52. The van der Waals surface area contributed by atoms with Gasteiger partial charge in [0.15, 0.2) is 0 Å². The molecule has 0 atom stereocenters. The van der Waals surface area contributed by atoms with Crippen molar-refractivity contribution in [1.29, 1.82) is 0 Å². The number of hydrogen-bond acceptors (Lipinski definition) is 1. The molecule has 0 aromatic carbocycles. The molecular weight excluding hydrogens is 184 g/mol. The van der Waals surface area contributed by atoms with E-state index in [-0.39, 0.29) is 0 Å². The molecule has 1 aromatic heterocycles. The van der Waals surface area contributed by atoms with Crippen molar-refractivity contribution in [2.24, 2.45) is 0 Å². The van der Waals surface area contributed by atoms with E-state index in [9.17, 15) is 0 Å². The summed E-state index contributed by atoms with van der Waals surface area (Å²) >= 11 is 5.52. The summed E-state index contributed by atoms with van der Waals surface area (Å²) in [6.07, 6.45) is 2.54. The molecule has 0 saturated carbocycles. The first-order valence-corrected chi connectivity index (χ1v) is 4.90. The highest BCUT2D eigenvalue weighted by atomic mass is 35.5. The lowest BCUT2D eigenvalue weighted by atomic mass is 10.2. The smallest absolute Gasteiger partial charge is 0.0654 e. The lowest BCUT2D eigenvalue weighted by molar-refractivity contribution is 0.639. The van der Waals surface area contributed by atoms with Crippen LogP contribution in [-0.2, 0) is 6.54 Å². The van der Waals surface area contributed by atoms with E-state index in [0.717, 1.165) is 24.2 Å². The molecule has 0 aliphatic carbocycles. The fourth-order valence-corrected chi connectivity index (χ4v) is 1.19. The Morgan fingerprint density at radius 2 is 2.38 bits per heavy atom. The van der Waals surface area contributed by atoms with Crippen LogP contribution in [0, 0.1) is 18.8 Å². The van der Waals surface area contributed by atoms with E-state index in [0.29, 0.717) is 5.88 Å². The molecule has 0 saturated heterocycles. The van der Waals surface area contributed by atoms with Crippen LogP contribution in [0.25, 0.3) is 0 Å². The maximum Gasteiger partial charge on any atom is 0.0654 e. The van der Waals surface area contributed by atoms with Crippen LogP contribution in [0.2, 0.25) is 0 Å². The quantitative estimate of drug-likeness (QED) is 0.524. The molecule has 0 bridgehead atoms. The van der Waals surface area contributed by atoms with Gasteiger partial charge in [-0.3, -0.25) is 4.68 Å². The fraction of sp³-hybridized carbons (Fsp3) is 0.500. The van der Waals surface area contributed by atoms with Crippen molar-refractivity contribution in [3.05, 3.63) is 17.5 Å². The van der Waals surface area contributed by atoms with Gasteiger partial charge in [0.05, 0.1) is 17.5 Å². The van der Waals surface area contributed by atoms with Crippen LogP contribution in [-0.4, -0.2) is 15.7 Å². The summed E-state index contributed by atoms with van der Waals surface area (Å²) in [6, 6.07) is 0. The fourth-order valence-electron chi connectivity index (χ4n) is 1.09. The summed E-state index contributed by atoms with van der Waals surface area (Å²) in [4.78, 5) is 0. The van der Waals surface area contributed by atoms with E-state index in [1.165, 1.54) is 0 Å². The number of aryl methyl sites for hydroxylation is 1. The van der Waals surface area contributed by atoms with Crippen LogP contribution in [0.5, 0.6) is 0 Å². The van der Waals surface area contributed by atoms with Gasteiger partial charge >= 0.3 is 0 Å². The van der Waals surface area contributed by atoms with Crippen molar-refractivity contribution in [1.82, 2.24) is 9.78 Å². The predicted molar refractivity (Wildman–Crippen MR) is 54.9 cm³/mol. The molecule has 70 valence electrons. The zero-order valence-electron chi connectivity index (χ0n) is 7.97. The second-order valence-electron chi connectivity index (χ2n) is 2.70. The number of hydrogen-bond donors (Lipinski definition) is 0. The normalized spacial score (nSPS) is 9.46. The molecule has 0 aliphatic rings. The molecule has 1 rings (SSSR count). The topological polar surface area (TPSA) is 17.8 Å². The van der Waals surface area contributed by atoms with Crippen LogP contribution < -0.4 is 0 Å². The third kappa shape index (κ3) is 2.50. The molecule has 1 heterocycles. The predicted octanol–water partition coefficient (Wildman–Crippen LogP) is 2.19. The first kappa shape index (κ1) is 10.1. The standard InChI is InChI=1S/C10H13ClN2/c1-3-13-9(2)10(8-12-13)6-4-5-7-11/h8H,3,5,7H2,1-2H3. The van der Waals surface area contributed by atoms with Gasteiger partial charge in [0.2, 0.25) is 0 Å². The Morgan fingerprint density at radius 3 is 2.92 bits per heavy atom. The van der Waals surface area contributed by atoms with E-state index >= 15 is 0 Å². The maximum atomic E-state index is 5.52. The Morgan fingerprint density at radius 1 is 1.62 bits per heavy atom. The van der Waals surface area contributed by atoms with Crippen LogP contribution in [0.15, 0.2) is 6.20 Å². The second kappa shape index (κ2) is 4.94. The molecule has 0 fully saturated rings. The van der Waals surface area contributed by atoms with E-state index in [1.807, 2.05) is 11.6 Å². The highest BCUT2D eigenvalue weighted by molar-refractivity contribution is 6.18. The summed E-state index contributed by atoms with van der Waals surface area (Å²) in [7, 11) is 0. The number of alkyl halides is 1. The van der Waals surface area contributed by atoms with Crippen molar-refractivity contribution in [2.45, 2.75) is 26.8 Å². The van der Waals surface area contributed by atoms with Gasteiger partial charge < -0.3 is 0 Å². The van der Waals surface area contributed by atoms with E-state index < -0.39 is 0 Å². The second-order valence-corrected chi connectivity index (χ2v) is 3.08. The first-order valence-electron chi connectivity index (χ1n) is 4.36. The highest BCUT2D eigenvalue weighted by Gasteiger charge is 2.00. The molecule has 0 radical (unpaired) electrons. The van der Waals surface area contributed by atoms with Gasteiger partial charge in [0, 0.05) is 18.8 Å². The van der Waals surface area contributed by atoms with Crippen LogP contribution in [0.1, 0.15) is 24.6 Å². The molecule has 0 spiro atoms. The third-order valence-corrected chi connectivity index (χ3v) is 2.03. The summed E-state index contributed by atoms with van der Waals surface area (Å²) in [5, 5.41) is 4.19. The lowest BCUT2D eigenvalue weighted by Gasteiger charge is -1.96. The zero-order valence-corrected chi connectivity index (χ0v) is 8.73. The first-order chi connectivity index (χ1) is 6.29. The summed E-state index contributed by atoms with van der Waals surface area (Å²) in [6.45, 7) is 4.99. The highest BCUT2D eigenvalue weighted by Crippen LogP contribution is 2.04. The summed E-state index contributed by atoms with van der Waals surface area (Å²) in [5.74, 6) is 6.64. The summed E-state index contributed by atoms with van der Waals surface area (Å²) in [5.41, 5.74) is 2.14. The van der Waals surface area contributed by atoms with Crippen molar-refractivity contribution in [2.75, 3.05) is 5.88 Å². The van der Waals surface area contributed by atoms with Crippen molar-refractivity contribution in [3.63, 3.8) is 0 Å². The minimum atomic E-state index is 0.591. The van der Waals surface area contributed by atoms with Gasteiger partial charge in [0.1, 0.15) is 0 Å². The largest absolute Gasteiger partial charge is 0.269 e. The van der Waals surface area contributed by atoms with E-state index in [4.69, 9.17) is 11.6 Å². The number of halogens is 1. The van der Waals surface area contributed by atoms with Crippen LogP contribution in [0.4, 0.5) is 0 Å². The Kier molecular flexibility index (Phi) is 3.85. The van der Waals surface area contributed by atoms with E-state index in [2.05, 4.69) is 23.9 Å². The minimum Gasteiger partial charge on any atom is -0.269 e. The Labute approximate surface area is 83.9 Å². The third-order valence-electron chi connectivity index (χ3n) is 1.85. The molecule has 3 heteroatoms. The van der Waals surface area contributed by atoms with Gasteiger partial charge in [-0.05, 0) is 13.8 Å². The van der Waals surface area contributed by atoms with E-state index in [1.54, 1.807) is 6.20 Å². The van der Waals surface area contributed by atoms with Gasteiger partial charge in [-0.2, -0.15) is 5.10 Å². The molecular formula is C10H13ClN2. The molecule has 0 aliphatic heterocycles. The Bertz CT molecular complexity index is 330. The van der Waals surface area contributed by atoms with Crippen LogP contribution in [0.3, 0.4) is 0 Å². The molecule has 13 heavy (non-hydrogen) atoms.